The number of halogens is 3. The van der Waals surface area contributed by atoms with Crippen LogP contribution in [0.5, 0.6) is 0 Å². The van der Waals surface area contributed by atoms with Crippen molar-refractivity contribution in [3.05, 3.63) is 41.7 Å². The Morgan fingerprint density at radius 1 is 1.11 bits per heavy atom. The van der Waals surface area contributed by atoms with Gasteiger partial charge in [0.25, 0.3) is 5.91 Å². The summed E-state index contributed by atoms with van der Waals surface area (Å²) in [6, 6.07) is 1.63. The second-order valence-corrected chi connectivity index (χ2v) is 6.82. The number of hydrogen-bond acceptors (Lipinski definition) is 3. The normalized spacial score (nSPS) is 22.7. The van der Waals surface area contributed by atoms with Gasteiger partial charge in [0, 0.05) is 0 Å². The largest absolute Gasteiger partial charge is 0.319 e. The maximum Gasteiger partial charge on any atom is 0.279 e. The van der Waals surface area contributed by atoms with Crippen LogP contribution in [0.4, 0.5) is 18.9 Å². The molecule has 1 fully saturated rings. The number of nitrogens with one attached hydrogen (secondary N) is 2. The molecule has 1 heterocycles. The Bertz CT molecular complexity index is 802. The van der Waals surface area contributed by atoms with Crippen molar-refractivity contribution in [1.29, 1.82) is 0 Å². The summed E-state index contributed by atoms with van der Waals surface area (Å²) >= 11 is 0. The van der Waals surface area contributed by atoms with E-state index in [0.29, 0.717) is 23.8 Å². The molecule has 1 aromatic carbocycles. The zero-order valence-electron chi connectivity index (χ0n) is 14.6. The molecule has 1 aromatic rings. The number of allylic oxidation sites excluding steroid dienone is 2. The summed E-state index contributed by atoms with van der Waals surface area (Å²) in [7, 11) is 1.60. The van der Waals surface area contributed by atoms with Crippen molar-refractivity contribution in [2.24, 2.45) is 11.8 Å². The zero-order chi connectivity index (χ0) is 19.7. The van der Waals surface area contributed by atoms with Crippen LogP contribution in [0.2, 0.25) is 0 Å². The monoisotopic (exact) mass is 382 g/mol. The SMILES string of the molecule is C[NH+](CC(=O)Nc1ccc(F)c(F)c1F)CN1C(=O)[C@H]2CC=CC[C@@H]2C1=O. The van der Waals surface area contributed by atoms with Gasteiger partial charge in [-0.25, -0.2) is 18.1 Å². The minimum absolute atomic E-state index is 0.00164. The van der Waals surface area contributed by atoms with Crippen LogP contribution >= 0.6 is 0 Å². The smallest absolute Gasteiger partial charge is 0.279 e. The van der Waals surface area contributed by atoms with Gasteiger partial charge >= 0.3 is 0 Å². The molecule has 6 nitrogen and oxygen atoms in total. The van der Waals surface area contributed by atoms with E-state index in [2.05, 4.69) is 5.32 Å². The second kappa shape index (κ2) is 7.51. The molecule has 144 valence electrons. The Morgan fingerprint density at radius 2 is 1.70 bits per heavy atom. The lowest BCUT2D eigenvalue weighted by atomic mass is 9.85. The third-order valence-corrected chi connectivity index (χ3v) is 4.80. The number of nitrogens with zero attached hydrogens (tertiary/aromatic N) is 1. The highest BCUT2D eigenvalue weighted by Crippen LogP contribution is 2.34. The standard InChI is InChI=1S/C18H18F3N3O3/c1-23(8-14(25)22-13-7-6-12(19)15(20)16(13)21)9-24-17(26)10-4-2-3-5-11(10)18(24)27/h2-3,6-7,10-11H,4-5,8-9H2,1H3,(H,22,25)/p+1/t10-,11-/m0/s1. The van der Waals surface area contributed by atoms with Crippen molar-refractivity contribution < 1.29 is 32.5 Å². The summed E-state index contributed by atoms with van der Waals surface area (Å²) in [5.41, 5.74) is -0.475. The molecule has 3 atom stereocenters. The van der Waals surface area contributed by atoms with Gasteiger partial charge in [-0.1, -0.05) is 12.2 Å². The zero-order valence-corrected chi connectivity index (χ0v) is 14.6. The average Bonchev–Trinajstić information content (AvgIpc) is 2.87. The van der Waals surface area contributed by atoms with Crippen LogP contribution in [0, 0.1) is 29.3 Å². The predicted octanol–water partition coefficient (Wildman–Crippen LogP) is 0.466. The van der Waals surface area contributed by atoms with Crippen LogP contribution < -0.4 is 10.2 Å². The van der Waals surface area contributed by atoms with Crippen molar-refractivity contribution in [2.45, 2.75) is 12.8 Å². The number of likely N-dealkylation sites (tertiary alicyclic amines) is 1. The number of rotatable bonds is 5. The van der Waals surface area contributed by atoms with Gasteiger partial charge in [-0.3, -0.25) is 14.4 Å². The van der Waals surface area contributed by atoms with Gasteiger partial charge in [-0.15, -0.1) is 0 Å². The Balaban J connectivity index is 1.59. The van der Waals surface area contributed by atoms with E-state index >= 15 is 0 Å². The fourth-order valence-corrected chi connectivity index (χ4v) is 3.44. The van der Waals surface area contributed by atoms with Gasteiger partial charge in [0.2, 0.25) is 11.8 Å². The van der Waals surface area contributed by atoms with Gasteiger partial charge < -0.3 is 10.2 Å². The van der Waals surface area contributed by atoms with Crippen LogP contribution in [0.15, 0.2) is 24.3 Å². The molecule has 27 heavy (non-hydrogen) atoms. The Labute approximate surface area is 153 Å². The van der Waals surface area contributed by atoms with Crippen molar-refractivity contribution in [2.75, 3.05) is 25.6 Å². The summed E-state index contributed by atoms with van der Waals surface area (Å²) in [6.07, 6.45) is 4.83. The van der Waals surface area contributed by atoms with E-state index < -0.39 is 29.0 Å². The number of likely N-dealkylation sites (N-methyl/N-ethyl adjacent to an activating group) is 1. The maximum absolute atomic E-state index is 13.6. The number of hydrogen-bond donors (Lipinski definition) is 2. The van der Waals surface area contributed by atoms with Crippen molar-refractivity contribution in [3.8, 4) is 0 Å². The van der Waals surface area contributed by atoms with Crippen LogP contribution in [0.25, 0.3) is 0 Å². The summed E-state index contributed by atoms with van der Waals surface area (Å²) < 4.78 is 39.8. The average molecular weight is 382 g/mol. The molecule has 1 aliphatic carbocycles. The van der Waals surface area contributed by atoms with Gasteiger partial charge in [0.15, 0.2) is 30.7 Å². The van der Waals surface area contributed by atoms with Crippen LogP contribution in [-0.2, 0) is 14.4 Å². The Kier molecular flexibility index (Phi) is 5.31. The number of benzene rings is 1. The number of fused-ring (bicyclic) bond motifs is 1. The van der Waals surface area contributed by atoms with E-state index in [4.69, 9.17) is 0 Å². The highest BCUT2D eigenvalue weighted by Gasteiger charge is 2.48. The number of quaternary nitrogens is 1. The van der Waals surface area contributed by atoms with Gasteiger partial charge in [0.1, 0.15) is 0 Å². The third-order valence-electron chi connectivity index (χ3n) is 4.80. The first-order chi connectivity index (χ1) is 12.8. The Morgan fingerprint density at radius 3 is 2.30 bits per heavy atom. The van der Waals surface area contributed by atoms with Crippen LogP contribution in [0.1, 0.15) is 12.8 Å². The predicted molar refractivity (Wildman–Crippen MR) is 88.8 cm³/mol. The molecular weight excluding hydrogens is 363 g/mol. The molecule has 3 rings (SSSR count). The van der Waals surface area contributed by atoms with Crippen molar-refractivity contribution in [1.82, 2.24) is 4.90 Å². The van der Waals surface area contributed by atoms with E-state index in [1.165, 1.54) is 0 Å². The van der Waals surface area contributed by atoms with Crippen LogP contribution in [0.3, 0.4) is 0 Å². The highest BCUT2D eigenvalue weighted by atomic mass is 19.2. The second-order valence-electron chi connectivity index (χ2n) is 6.82. The molecule has 2 N–H and O–H groups in total. The topological polar surface area (TPSA) is 70.9 Å². The third kappa shape index (κ3) is 3.73. The molecule has 1 unspecified atom stereocenters. The molecule has 9 heteroatoms. The quantitative estimate of drug-likeness (QED) is 0.442. The lowest BCUT2D eigenvalue weighted by molar-refractivity contribution is -0.878. The van der Waals surface area contributed by atoms with E-state index in [9.17, 15) is 27.6 Å². The number of carbonyl (C=O) groups is 3. The first-order valence-corrected chi connectivity index (χ1v) is 8.54. The first kappa shape index (κ1) is 19.1. The Hall–Kier alpha value is -2.68. The number of imide groups is 1. The molecule has 1 aliphatic heterocycles. The van der Waals surface area contributed by atoms with Crippen LogP contribution in [-0.4, -0.2) is 42.9 Å². The molecular formula is C18H19F3N3O3+. The van der Waals surface area contributed by atoms with E-state index in [1.54, 1.807) is 7.05 Å². The van der Waals surface area contributed by atoms with E-state index in [1.807, 2.05) is 12.2 Å². The minimum atomic E-state index is -1.67. The fraction of sp³-hybridized carbons (Fsp3) is 0.389. The number of carbonyl (C=O) groups excluding carboxylic acids is 3. The number of anilines is 1. The lowest BCUT2D eigenvalue weighted by Gasteiger charge is -2.20. The molecule has 0 bridgehead atoms. The van der Waals surface area contributed by atoms with E-state index in [-0.39, 0.29) is 36.9 Å². The lowest BCUT2D eigenvalue weighted by Crippen LogP contribution is -3.11. The highest BCUT2D eigenvalue weighted by molar-refractivity contribution is 6.05. The molecule has 0 spiro atoms. The molecule has 1 saturated heterocycles. The summed E-state index contributed by atoms with van der Waals surface area (Å²) in [6.45, 7) is -0.193. The van der Waals surface area contributed by atoms with Crippen molar-refractivity contribution >= 4 is 23.4 Å². The summed E-state index contributed by atoms with van der Waals surface area (Å²) in [5, 5.41) is 2.17. The molecule has 3 amide bonds. The first-order valence-electron chi connectivity index (χ1n) is 8.54. The number of amides is 3. The van der Waals surface area contributed by atoms with E-state index in [0.717, 1.165) is 11.0 Å². The minimum Gasteiger partial charge on any atom is -0.319 e. The molecule has 0 aromatic heterocycles. The molecule has 0 radical (unpaired) electrons. The van der Waals surface area contributed by atoms with Crippen molar-refractivity contribution in [3.63, 3.8) is 0 Å². The summed E-state index contributed by atoms with van der Waals surface area (Å²) in [4.78, 5) is 38.5. The van der Waals surface area contributed by atoms with Gasteiger partial charge in [0.05, 0.1) is 24.6 Å². The fourth-order valence-electron chi connectivity index (χ4n) is 3.44. The van der Waals surface area contributed by atoms with Gasteiger partial charge in [-0.2, -0.15) is 0 Å². The van der Waals surface area contributed by atoms with Gasteiger partial charge in [-0.05, 0) is 25.0 Å². The summed E-state index contributed by atoms with van der Waals surface area (Å²) in [5.74, 6) is -6.35. The molecule has 2 aliphatic rings. The maximum atomic E-state index is 13.6. The molecule has 0 saturated carbocycles.